The number of hydrogen-bond donors (Lipinski definition) is 1. The van der Waals surface area contributed by atoms with Gasteiger partial charge in [0.25, 0.3) is 0 Å². The summed E-state index contributed by atoms with van der Waals surface area (Å²) in [6.07, 6.45) is 6.55. The maximum absolute atomic E-state index is 11.9. The number of alkyl halides is 3. The van der Waals surface area contributed by atoms with E-state index in [-0.39, 0.29) is 12.3 Å². The molecule has 0 aliphatic heterocycles. The normalized spacial score (nSPS) is 22.7. The van der Waals surface area contributed by atoms with Gasteiger partial charge in [-0.1, -0.05) is 44.9 Å². The number of carboxylic acids is 1. The first-order valence-corrected chi connectivity index (χ1v) is 8.68. The van der Waals surface area contributed by atoms with Crippen LogP contribution in [-0.2, 0) is 4.79 Å². The van der Waals surface area contributed by atoms with Gasteiger partial charge in [0.2, 0.25) is 0 Å². The molecule has 0 aromatic heterocycles. The molecule has 1 aliphatic rings. The second-order valence-electron chi connectivity index (χ2n) is 6.68. The molecular formula is C17H29F3O2. The number of aliphatic carboxylic acids is 1. The quantitative estimate of drug-likeness (QED) is 0.505. The van der Waals surface area contributed by atoms with Gasteiger partial charge < -0.3 is 5.11 Å². The largest absolute Gasteiger partial charge is 0.481 e. The average Bonchev–Trinajstić information content (AvgIpc) is 2.45. The van der Waals surface area contributed by atoms with Crippen molar-refractivity contribution >= 4 is 5.97 Å². The van der Waals surface area contributed by atoms with Crippen molar-refractivity contribution in [1.29, 1.82) is 0 Å². The molecule has 0 heterocycles. The van der Waals surface area contributed by atoms with Crippen molar-refractivity contribution in [2.75, 3.05) is 0 Å². The number of halogens is 3. The molecule has 0 spiro atoms. The molecule has 0 radical (unpaired) electrons. The van der Waals surface area contributed by atoms with Crippen molar-refractivity contribution < 1.29 is 23.1 Å². The summed E-state index contributed by atoms with van der Waals surface area (Å²) in [6, 6.07) is 0. The van der Waals surface area contributed by atoms with Gasteiger partial charge in [-0.3, -0.25) is 4.79 Å². The molecule has 5 heteroatoms. The Labute approximate surface area is 131 Å². The Hall–Kier alpha value is -0.740. The monoisotopic (exact) mass is 322 g/mol. The zero-order chi connectivity index (χ0) is 16.4. The summed E-state index contributed by atoms with van der Waals surface area (Å²) in [7, 11) is 0. The molecule has 1 saturated carbocycles. The average molecular weight is 322 g/mol. The zero-order valence-electron chi connectivity index (χ0n) is 13.3. The summed E-state index contributed by atoms with van der Waals surface area (Å²) < 4.78 is 35.8. The number of unbranched alkanes of at least 4 members (excludes halogenated alkanes) is 6. The van der Waals surface area contributed by atoms with Gasteiger partial charge in [0.15, 0.2) is 0 Å². The summed E-state index contributed by atoms with van der Waals surface area (Å²) in [6.45, 7) is 0. The van der Waals surface area contributed by atoms with E-state index in [9.17, 15) is 18.0 Å². The number of hydrogen-bond acceptors (Lipinski definition) is 1. The molecule has 130 valence electrons. The molecule has 0 atom stereocenters. The van der Waals surface area contributed by atoms with Crippen LogP contribution in [0.25, 0.3) is 0 Å². The lowest BCUT2D eigenvalue weighted by atomic mass is 9.80. The Morgan fingerprint density at radius 2 is 1.36 bits per heavy atom. The van der Waals surface area contributed by atoms with Gasteiger partial charge >= 0.3 is 12.1 Å². The first-order valence-electron chi connectivity index (χ1n) is 8.68. The lowest BCUT2D eigenvalue weighted by molar-refractivity contribution is -0.143. The van der Waals surface area contributed by atoms with Crippen molar-refractivity contribution in [1.82, 2.24) is 0 Å². The first kappa shape index (κ1) is 19.3. The third kappa shape index (κ3) is 9.31. The maximum atomic E-state index is 11.9. The van der Waals surface area contributed by atoms with Gasteiger partial charge in [-0.2, -0.15) is 13.2 Å². The Bertz CT molecular complexity index is 308. The summed E-state index contributed by atoms with van der Waals surface area (Å²) in [4.78, 5) is 10.9. The highest BCUT2D eigenvalue weighted by molar-refractivity contribution is 5.69. The number of carboxylic acid groups (broad SMARTS) is 1. The van der Waals surface area contributed by atoms with Crippen LogP contribution in [0.15, 0.2) is 0 Å². The van der Waals surface area contributed by atoms with E-state index in [2.05, 4.69) is 0 Å². The minimum atomic E-state index is -4.00. The SMILES string of the molecule is O=C(O)C1CCC(CCCCCCCCCC(F)(F)F)CC1. The predicted molar refractivity (Wildman–Crippen MR) is 80.7 cm³/mol. The minimum absolute atomic E-state index is 0.132. The maximum Gasteiger partial charge on any atom is 0.389 e. The van der Waals surface area contributed by atoms with Crippen molar-refractivity contribution in [3.63, 3.8) is 0 Å². The van der Waals surface area contributed by atoms with Gasteiger partial charge in [0, 0.05) is 6.42 Å². The van der Waals surface area contributed by atoms with E-state index in [4.69, 9.17) is 5.11 Å². The second kappa shape index (κ2) is 10.1. The molecule has 0 saturated heterocycles. The highest BCUT2D eigenvalue weighted by Gasteiger charge is 2.26. The van der Waals surface area contributed by atoms with Crippen LogP contribution in [0.2, 0.25) is 0 Å². The summed E-state index contributed by atoms with van der Waals surface area (Å²) in [5.41, 5.74) is 0. The fourth-order valence-electron chi connectivity index (χ4n) is 3.34. The standard InChI is InChI=1S/C17H29F3O2/c18-17(19,20)13-7-5-3-1-2-4-6-8-14-9-11-15(12-10-14)16(21)22/h14-15H,1-13H2,(H,21,22). The molecule has 1 N–H and O–H groups in total. The Morgan fingerprint density at radius 1 is 0.864 bits per heavy atom. The molecule has 1 rings (SSSR count). The summed E-state index contributed by atoms with van der Waals surface area (Å²) in [5.74, 6) is -0.0979. The molecule has 0 amide bonds. The molecule has 2 nitrogen and oxygen atoms in total. The molecule has 22 heavy (non-hydrogen) atoms. The third-order valence-electron chi connectivity index (χ3n) is 4.77. The third-order valence-corrected chi connectivity index (χ3v) is 4.77. The first-order chi connectivity index (χ1) is 10.4. The molecule has 1 aliphatic carbocycles. The Morgan fingerprint density at radius 3 is 1.86 bits per heavy atom. The van der Waals surface area contributed by atoms with Crippen LogP contribution in [0.1, 0.15) is 83.5 Å². The second-order valence-corrected chi connectivity index (χ2v) is 6.68. The van der Waals surface area contributed by atoms with Crippen LogP contribution in [0, 0.1) is 11.8 Å². The van der Waals surface area contributed by atoms with Crippen molar-refractivity contribution in [3.05, 3.63) is 0 Å². The van der Waals surface area contributed by atoms with Crippen LogP contribution in [0.4, 0.5) is 13.2 Å². The van der Waals surface area contributed by atoms with Crippen molar-refractivity contribution in [2.45, 2.75) is 89.6 Å². The highest BCUT2D eigenvalue weighted by Crippen LogP contribution is 2.32. The van der Waals surface area contributed by atoms with Crippen LogP contribution >= 0.6 is 0 Å². The van der Waals surface area contributed by atoms with Crippen LogP contribution in [0.5, 0.6) is 0 Å². The highest BCUT2D eigenvalue weighted by atomic mass is 19.4. The molecule has 1 fully saturated rings. The lowest BCUT2D eigenvalue weighted by Gasteiger charge is -2.25. The smallest absolute Gasteiger partial charge is 0.389 e. The fraction of sp³-hybridized carbons (Fsp3) is 0.941. The summed E-state index contributed by atoms with van der Waals surface area (Å²) >= 11 is 0. The van der Waals surface area contributed by atoms with Gasteiger partial charge in [0.05, 0.1) is 5.92 Å². The number of carbonyl (C=O) groups is 1. The number of rotatable bonds is 10. The van der Waals surface area contributed by atoms with Crippen LogP contribution in [-0.4, -0.2) is 17.3 Å². The molecule has 0 aromatic rings. The Kier molecular flexibility index (Phi) is 8.88. The molecule has 0 unspecified atom stereocenters. The topological polar surface area (TPSA) is 37.3 Å². The van der Waals surface area contributed by atoms with Gasteiger partial charge in [-0.15, -0.1) is 0 Å². The van der Waals surface area contributed by atoms with E-state index in [1.165, 1.54) is 12.8 Å². The minimum Gasteiger partial charge on any atom is -0.481 e. The molecular weight excluding hydrogens is 293 g/mol. The van der Waals surface area contributed by atoms with Crippen molar-refractivity contribution in [2.24, 2.45) is 11.8 Å². The lowest BCUT2D eigenvalue weighted by Crippen LogP contribution is -2.21. The van der Waals surface area contributed by atoms with E-state index in [1.54, 1.807) is 0 Å². The van der Waals surface area contributed by atoms with Gasteiger partial charge in [0.1, 0.15) is 0 Å². The zero-order valence-corrected chi connectivity index (χ0v) is 13.3. The van der Waals surface area contributed by atoms with Crippen LogP contribution in [0.3, 0.4) is 0 Å². The van der Waals surface area contributed by atoms with E-state index in [1.807, 2.05) is 0 Å². The van der Waals surface area contributed by atoms with E-state index in [0.717, 1.165) is 51.4 Å². The molecule has 0 aromatic carbocycles. The van der Waals surface area contributed by atoms with E-state index in [0.29, 0.717) is 12.3 Å². The molecule has 0 bridgehead atoms. The van der Waals surface area contributed by atoms with E-state index < -0.39 is 18.6 Å². The fourth-order valence-corrected chi connectivity index (χ4v) is 3.34. The van der Waals surface area contributed by atoms with Gasteiger partial charge in [-0.25, -0.2) is 0 Å². The Balaban J connectivity index is 1.87. The van der Waals surface area contributed by atoms with E-state index >= 15 is 0 Å². The predicted octanol–water partition coefficient (Wildman–Crippen LogP) is 5.95. The van der Waals surface area contributed by atoms with Crippen LogP contribution < -0.4 is 0 Å². The van der Waals surface area contributed by atoms with Crippen molar-refractivity contribution in [3.8, 4) is 0 Å². The summed E-state index contributed by atoms with van der Waals surface area (Å²) in [5, 5.41) is 8.94. The van der Waals surface area contributed by atoms with Gasteiger partial charge in [-0.05, 0) is 38.0 Å².